The van der Waals surface area contributed by atoms with Crippen LogP contribution in [0.2, 0.25) is 0 Å². The van der Waals surface area contributed by atoms with Crippen molar-refractivity contribution in [1.82, 2.24) is 5.01 Å². The van der Waals surface area contributed by atoms with Gasteiger partial charge in [0.05, 0.1) is 20.8 Å². The molecule has 0 radical (unpaired) electrons. The number of rotatable bonds is 1. The molecule has 0 amide bonds. The van der Waals surface area contributed by atoms with Crippen molar-refractivity contribution in [3.05, 3.63) is 12.0 Å². The van der Waals surface area contributed by atoms with E-state index < -0.39 is 0 Å². The summed E-state index contributed by atoms with van der Waals surface area (Å²) < 4.78 is 9.75. The third-order valence-electron chi connectivity index (χ3n) is 1.31. The van der Waals surface area contributed by atoms with Gasteiger partial charge in [0, 0.05) is 0 Å². The zero-order valence-electron chi connectivity index (χ0n) is 6.57. The van der Waals surface area contributed by atoms with E-state index in [4.69, 9.17) is 15.3 Å². The number of ether oxygens (including phenoxy) is 2. The Balaban J connectivity index is 2.71. The second kappa shape index (κ2) is 3.25. The average Bonchev–Trinajstić information content (AvgIpc) is 2.05. The summed E-state index contributed by atoms with van der Waals surface area (Å²) in [4.78, 5) is 3.93. The number of nitrogens with zero attached hydrogens (tertiary/aromatic N) is 2. The lowest BCUT2D eigenvalue weighted by Gasteiger charge is -2.20. The lowest BCUT2D eigenvalue weighted by molar-refractivity contribution is 0.249. The molecule has 1 heterocycles. The van der Waals surface area contributed by atoms with Crippen LogP contribution in [0.4, 0.5) is 0 Å². The van der Waals surface area contributed by atoms with Crippen LogP contribution in [0.1, 0.15) is 0 Å². The molecule has 0 aliphatic carbocycles. The molecule has 0 saturated heterocycles. The predicted octanol–water partition coefficient (Wildman–Crippen LogP) is -0.334. The predicted molar refractivity (Wildman–Crippen MR) is 40.4 cm³/mol. The lowest BCUT2D eigenvalue weighted by Crippen LogP contribution is -2.40. The number of methoxy groups -OCH3 is 2. The first-order chi connectivity index (χ1) is 5.27. The van der Waals surface area contributed by atoms with Crippen LogP contribution in [0.5, 0.6) is 0 Å². The number of amidine groups is 1. The molecule has 11 heavy (non-hydrogen) atoms. The number of hydrazine groups is 1. The molecule has 1 rings (SSSR count). The van der Waals surface area contributed by atoms with E-state index >= 15 is 0 Å². The standard InChI is InChI=1S/C6H11N3O2/c1-10-5-3-4-9(7)6(8-5)11-2/h3H,4,7H2,1-2H3. The van der Waals surface area contributed by atoms with Gasteiger partial charge in [0.25, 0.3) is 0 Å². The Kier molecular flexibility index (Phi) is 2.32. The van der Waals surface area contributed by atoms with E-state index in [1.54, 1.807) is 13.2 Å². The molecule has 5 heteroatoms. The normalized spacial score (nSPS) is 17.2. The molecule has 62 valence electrons. The monoisotopic (exact) mass is 157 g/mol. The first-order valence-corrected chi connectivity index (χ1v) is 3.17. The van der Waals surface area contributed by atoms with Crippen molar-refractivity contribution in [2.45, 2.75) is 0 Å². The fourth-order valence-electron chi connectivity index (χ4n) is 0.751. The minimum Gasteiger partial charge on any atom is -0.481 e. The SMILES string of the molecule is COC1=CCN(N)C(OC)=N1. The summed E-state index contributed by atoms with van der Waals surface area (Å²) >= 11 is 0. The van der Waals surface area contributed by atoms with E-state index in [1.807, 2.05) is 0 Å². The van der Waals surface area contributed by atoms with Crippen molar-refractivity contribution in [1.29, 1.82) is 0 Å². The van der Waals surface area contributed by atoms with E-state index in [-0.39, 0.29) is 0 Å². The fourth-order valence-corrected chi connectivity index (χ4v) is 0.751. The molecule has 0 aromatic rings. The summed E-state index contributed by atoms with van der Waals surface area (Å²) in [6.45, 7) is 0.551. The van der Waals surface area contributed by atoms with Gasteiger partial charge in [-0.25, -0.2) is 5.84 Å². The number of aliphatic imine (C=N–C) groups is 1. The molecule has 2 N–H and O–H groups in total. The van der Waals surface area contributed by atoms with Crippen molar-refractivity contribution in [2.24, 2.45) is 10.8 Å². The Morgan fingerprint density at radius 2 is 2.27 bits per heavy atom. The van der Waals surface area contributed by atoms with Crippen molar-refractivity contribution in [2.75, 3.05) is 20.8 Å². The molecule has 0 atom stereocenters. The third-order valence-corrected chi connectivity index (χ3v) is 1.31. The van der Waals surface area contributed by atoms with Crippen LogP contribution in [0.25, 0.3) is 0 Å². The van der Waals surface area contributed by atoms with E-state index in [1.165, 1.54) is 12.1 Å². The Labute approximate surface area is 65.1 Å². The molecule has 5 nitrogen and oxygen atoms in total. The maximum absolute atomic E-state index is 5.48. The summed E-state index contributed by atoms with van der Waals surface area (Å²) in [5.74, 6) is 6.01. The van der Waals surface area contributed by atoms with Crippen LogP contribution >= 0.6 is 0 Å². The van der Waals surface area contributed by atoms with Crippen molar-refractivity contribution >= 4 is 6.02 Å². The van der Waals surface area contributed by atoms with Gasteiger partial charge >= 0.3 is 6.02 Å². The van der Waals surface area contributed by atoms with Gasteiger partial charge in [-0.05, 0) is 6.08 Å². The second-order valence-corrected chi connectivity index (χ2v) is 2.00. The average molecular weight is 157 g/mol. The minimum atomic E-state index is 0.365. The zero-order chi connectivity index (χ0) is 8.27. The quantitative estimate of drug-likeness (QED) is 0.529. The smallest absolute Gasteiger partial charge is 0.310 e. The molecule has 0 bridgehead atoms. The van der Waals surface area contributed by atoms with Gasteiger partial charge < -0.3 is 9.47 Å². The topological polar surface area (TPSA) is 60.1 Å². The summed E-state index contributed by atoms with van der Waals surface area (Å²) in [5.41, 5.74) is 0. The highest BCUT2D eigenvalue weighted by Crippen LogP contribution is 2.05. The van der Waals surface area contributed by atoms with Gasteiger partial charge in [-0.3, -0.25) is 5.01 Å². The summed E-state index contributed by atoms with van der Waals surface area (Å²) in [6, 6.07) is 0.365. The first kappa shape index (κ1) is 7.87. The van der Waals surface area contributed by atoms with Crippen LogP contribution in [-0.2, 0) is 9.47 Å². The van der Waals surface area contributed by atoms with Gasteiger partial charge in [0.2, 0.25) is 5.88 Å². The molecule has 0 spiro atoms. The van der Waals surface area contributed by atoms with Gasteiger partial charge in [0.1, 0.15) is 0 Å². The molecular weight excluding hydrogens is 146 g/mol. The maximum atomic E-state index is 5.48. The van der Waals surface area contributed by atoms with Crippen LogP contribution in [0.3, 0.4) is 0 Å². The highest BCUT2D eigenvalue weighted by molar-refractivity contribution is 5.75. The van der Waals surface area contributed by atoms with Crippen molar-refractivity contribution < 1.29 is 9.47 Å². The Morgan fingerprint density at radius 3 is 2.82 bits per heavy atom. The minimum absolute atomic E-state index is 0.365. The van der Waals surface area contributed by atoms with Crippen molar-refractivity contribution in [3.63, 3.8) is 0 Å². The van der Waals surface area contributed by atoms with Gasteiger partial charge in [0.15, 0.2) is 0 Å². The van der Waals surface area contributed by atoms with Crippen LogP contribution < -0.4 is 5.84 Å². The highest BCUT2D eigenvalue weighted by atomic mass is 16.5. The third kappa shape index (κ3) is 1.62. The van der Waals surface area contributed by atoms with E-state index in [0.29, 0.717) is 18.4 Å². The first-order valence-electron chi connectivity index (χ1n) is 3.17. The molecule has 1 aliphatic rings. The molecule has 0 aromatic heterocycles. The Bertz CT molecular complexity index is 200. The summed E-state index contributed by atoms with van der Waals surface area (Å²) in [5, 5.41) is 1.39. The second-order valence-electron chi connectivity index (χ2n) is 2.00. The maximum Gasteiger partial charge on any atom is 0.310 e. The fraction of sp³-hybridized carbons (Fsp3) is 0.500. The van der Waals surface area contributed by atoms with E-state index in [9.17, 15) is 0 Å². The summed E-state index contributed by atoms with van der Waals surface area (Å²) in [6.07, 6.45) is 1.77. The van der Waals surface area contributed by atoms with Gasteiger partial charge in [-0.15, -0.1) is 0 Å². The number of nitrogens with two attached hydrogens (primary N) is 1. The van der Waals surface area contributed by atoms with E-state index in [2.05, 4.69) is 4.99 Å². The zero-order valence-corrected chi connectivity index (χ0v) is 6.57. The lowest BCUT2D eigenvalue weighted by atomic mass is 10.5. The molecule has 1 aliphatic heterocycles. The molecule has 0 saturated carbocycles. The summed E-state index contributed by atoms with van der Waals surface area (Å²) in [7, 11) is 3.06. The Morgan fingerprint density at radius 1 is 1.55 bits per heavy atom. The molecule has 0 aromatic carbocycles. The van der Waals surface area contributed by atoms with Crippen molar-refractivity contribution in [3.8, 4) is 0 Å². The van der Waals surface area contributed by atoms with Crippen LogP contribution in [-0.4, -0.2) is 31.8 Å². The van der Waals surface area contributed by atoms with Gasteiger partial charge in [-0.1, -0.05) is 0 Å². The largest absolute Gasteiger partial charge is 0.481 e. The number of hydrogen-bond donors (Lipinski definition) is 1. The van der Waals surface area contributed by atoms with E-state index in [0.717, 1.165) is 0 Å². The Hall–Kier alpha value is -1.23. The molecule has 0 unspecified atom stereocenters. The van der Waals surface area contributed by atoms with Crippen LogP contribution in [0.15, 0.2) is 17.0 Å². The molecular formula is C6H11N3O2. The number of hydrogen-bond acceptors (Lipinski definition) is 5. The highest BCUT2D eigenvalue weighted by Gasteiger charge is 2.12. The van der Waals surface area contributed by atoms with Gasteiger partial charge in [-0.2, -0.15) is 4.99 Å². The molecule has 0 fully saturated rings. The van der Waals surface area contributed by atoms with Crippen LogP contribution in [0, 0.1) is 0 Å².